The number of quaternary nitrogens is 2. The van der Waals surface area contributed by atoms with Crippen molar-refractivity contribution in [2.45, 2.75) is 38.1 Å². The van der Waals surface area contributed by atoms with Crippen LogP contribution in [-0.2, 0) is 0 Å². The summed E-state index contributed by atoms with van der Waals surface area (Å²) in [5.41, 5.74) is 0.249. The molecule has 2 aliphatic rings. The largest absolute Gasteiger partial charge is 0.332 e. The first kappa shape index (κ1) is 15.6. The number of ketones is 1. The highest BCUT2D eigenvalue weighted by Crippen LogP contribution is 2.06. The molecule has 1 aromatic rings. The molecule has 2 heterocycles. The molecule has 1 aromatic carbocycles. The van der Waals surface area contributed by atoms with Gasteiger partial charge in [-0.1, -0.05) is 12.1 Å². The minimum absolute atomic E-state index is 0.0585. The standard InChI is InChI=1S/C18H25FN2O/c19-17-7-3-2-6-16(17)18(22)14-20-12-8-15(9-13-20)21-10-4-1-5-11-21/h2-3,6-7,15H,1,4-5,8-14H2/p+2. The lowest BCUT2D eigenvalue weighted by molar-refractivity contribution is -0.958. The maximum absolute atomic E-state index is 13.7. The van der Waals surface area contributed by atoms with Crippen LogP contribution in [0.5, 0.6) is 0 Å². The van der Waals surface area contributed by atoms with Gasteiger partial charge >= 0.3 is 0 Å². The molecule has 0 unspecified atom stereocenters. The highest BCUT2D eigenvalue weighted by atomic mass is 19.1. The molecule has 0 amide bonds. The normalized spacial score (nSPS) is 26.8. The Morgan fingerprint density at radius 3 is 2.41 bits per heavy atom. The van der Waals surface area contributed by atoms with E-state index in [-0.39, 0.29) is 17.2 Å². The summed E-state index contributed by atoms with van der Waals surface area (Å²) in [5, 5.41) is 0. The van der Waals surface area contributed by atoms with Crippen molar-refractivity contribution in [2.24, 2.45) is 0 Å². The smallest absolute Gasteiger partial charge is 0.219 e. The third kappa shape index (κ3) is 3.73. The predicted molar refractivity (Wildman–Crippen MR) is 83.9 cm³/mol. The topological polar surface area (TPSA) is 26.0 Å². The van der Waals surface area contributed by atoms with Crippen molar-refractivity contribution in [2.75, 3.05) is 32.7 Å². The molecule has 2 fully saturated rings. The lowest BCUT2D eigenvalue weighted by Crippen LogP contribution is -3.21. The van der Waals surface area contributed by atoms with E-state index in [4.69, 9.17) is 0 Å². The molecule has 2 N–H and O–H groups in total. The van der Waals surface area contributed by atoms with Crippen LogP contribution in [0.25, 0.3) is 0 Å². The third-order valence-corrected chi connectivity index (χ3v) is 5.35. The Hall–Kier alpha value is -1.26. The molecule has 0 aliphatic carbocycles. The van der Waals surface area contributed by atoms with E-state index in [0.717, 1.165) is 19.1 Å². The minimum atomic E-state index is -0.389. The number of hydrogen-bond donors (Lipinski definition) is 2. The monoisotopic (exact) mass is 306 g/mol. The van der Waals surface area contributed by atoms with Gasteiger partial charge in [-0.25, -0.2) is 4.39 Å². The zero-order valence-electron chi connectivity index (χ0n) is 13.2. The van der Waals surface area contributed by atoms with E-state index in [1.807, 2.05) is 0 Å². The Bertz CT molecular complexity index is 506. The number of hydrogen-bond acceptors (Lipinski definition) is 1. The van der Waals surface area contributed by atoms with Crippen molar-refractivity contribution in [3.8, 4) is 0 Å². The number of nitrogens with one attached hydrogen (secondary N) is 2. The third-order valence-electron chi connectivity index (χ3n) is 5.35. The molecular weight excluding hydrogens is 279 g/mol. The van der Waals surface area contributed by atoms with E-state index in [0.29, 0.717) is 6.54 Å². The van der Waals surface area contributed by atoms with E-state index >= 15 is 0 Å². The minimum Gasteiger partial charge on any atom is -0.332 e. The Balaban J connectivity index is 1.49. The van der Waals surface area contributed by atoms with Gasteiger partial charge in [0.1, 0.15) is 12.4 Å². The molecule has 4 heteroatoms. The lowest BCUT2D eigenvalue weighted by atomic mass is 9.99. The highest BCUT2D eigenvalue weighted by Gasteiger charge is 2.31. The van der Waals surface area contributed by atoms with Crippen LogP contribution in [-0.4, -0.2) is 44.5 Å². The van der Waals surface area contributed by atoms with E-state index < -0.39 is 0 Å². The number of likely N-dealkylation sites (tertiary alicyclic amines) is 2. The second-order valence-electron chi connectivity index (χ2n) is 6.82. The summed E-state index contributed by atoms with van der Waals surface area (Å²) in [4.78, 5) is 15.4. The summed E-state index contributed by atoms with van der Waals surface area (Å²) in [6.45, 7) is 5.19. The van der Waals surface area contributed by atoms with Crippen molar-refractivity contribution >= 4 is 5.78 Å². The molecule has 0 radical (unpaired) electrons. The van der Waals surface area contributed by atoms with Gasteiger partial charge in [-0.2, -0.15) is 0 Å². The number of piperidine rings is 2. The Kier molecular flexibility index (Phi) is 5.21. The Morgan fingerprint density at radius 1 is 1.05 bits per heavy atom. The molecule has 0 saturated carbocycles. The van der Waals surface area contributed by atoms with Crippen LogP contribution in [0.15, 0.2) is 24.3 Å². The van der Waals surface area contributed by atoms with Crippen LogP contribution >= 0.6 is 0 Å². The fraction of sp³-hybridized carbons (Fsp3) is 0.611. The molecule has 0 aromatic heterocycles. The number of carbonyl (C=O) groups excluding carboxylic acids is 1. The fourth-order valence-corrected chi connectivity index (χ4v) is 4.03. The predicted octanol–water partition coefficient (Wildman–Crippen LogP) is 0.125. The van der Waals surface area contributed by atoms with E-state index in [1.54, 1.807) is 23.1 Å². The summed E-state index contributed by atoms with van der Waals surface area (Å²) < 4.78 is 13.7. The second-order valence-corrected chi connectivity index (χ2v) is 6.82. The fourth-order valence-electron chi connectivity index (χ4n) is 4.03. The number of benzene rings is 1. The number of rotatable bonds is 4. The number of carbonyl (C=O) groups is 1. The Morgan fingerprint density at radius 2 is 1.73 bits per heavy atom. The number of halogens is 1. The molecule has 0 atom stereocenters. The summed E-state index contributed by atoms with van der Waals surface area (Å²) in [7, 11) is 0. The van der Waals surface area contributed by atoms with Gasteiger partial charge in [0.2, 0.25) is 5.78 Å². The van der Waals surface area contributed by atoms with E-state index in [2.05, 4.69) is 0 Å². The summed E-state index contributed by atoms with van der Waals surface area (Å²) >= 11 is 0. The Labute approximate surface area is 132 Å². The molecule has 3 nitrogen and oxygen atoms in total. The van der Waals surface area contributed by atoms with Gasteiger partial charge in [-0.05, 0) is 31.4 Å². The zero-order chi connectivity index (χ0) is 15.4. The van der Waals surface area contributed by atoms with Gasteiger partial charge in [0.15, 0.2) is 0 Å². The van der Waals surface area contributed by atoms with Crippen LogP contribution in [0.1, 0.15) is 42.5 Å². The van der Waals surface area contributed by atoms with Crippen LogP contribution in [0, 0.1) is 5.82 Å². The van der Waals surface area contributed by atoms with Crippen molar-refractivity contribution in [1.82, 2.24) is 0 Å². The molecule has 2 aliphatic heterocycles. The first-order chi connectivity index (χ1) is 10.7. The van der Waals surface area contributed by atoms with Crippen molar-refractivity contribution in [3.05, 3.63) is 35.6 Å². The van der Waals surface area contributed by atoms with Gasteiger partial charge in [0, 0.05) is 12.8 Å². The van der Waals surface area contributed by atoms with Crippen LogP contribution in [0.2, 0.25) is 0 Å². The van der Waals surface area contributed by atoms with Crippen molar-refractivity contribution in [3.63, 3.8) is 0 Å². The van der Waals surface area contributed by atoms with Gasteiger partial charge < -0.3 is 9.80 Å². The van der Waals surface area contributed by atoms with Gasteiger partial charge in [-0.3, -0.25) is 4.79 Å². The molecule has 3 rings (SSSR count). The summed E-state index contributed by atoms with van der Waals surface area (Å²) in [5.74, 6) is -0.448. The van der Waals surface area contributed by atoms with Crippen LogP contribution < -0.4 is 9.80 Å². The van der Waals surface area contributed by atoms with Crippen LogP contribution in [0.4, 0.5) is 4.39 Å². The van der Waals surface area contributed by atoms with Gasteiger partial charge in [0.05, 0.1) is 37.8 Å². The van der Waals surface area contributed by atoms with Gasteiger partial charge in [0.25, 0.3) is 0 Å². The maximum Gasteiger partial charge on any atom is 0.219 e. The lowest BCUT2D eigenvalue weighted by Gasteiger charge is -2.35. The molecule has 2 saturated heterocycles. The first-order valence-electron chi connectivity index (χ1n) is 8.70. The quantitative estimate of drug-likeness (QED) is 0.760. The van der Waals surface area contributed by atoms with Gasteiger partial charge in [-0.15, -0.1) is 0 Å². The second kappa shape index (κ2) is 7.34. The molecule has 0 spiro atoms. The van der Waals surface area contributed by atoms with E-state index in [9.17, 15) is 9.18 Å². The zero-order valence-corrected chi connectivity index (χ0v) is 13.2. The SMILES string of the molecule is O=C(C[NH+]1CCC([NH+]2CCCCC2)CC1)c1ccccc1F. The van der Waals surface area contributed by atoms with Crippen LogP contribution in [0.3, 0.4) is 0 Å². The average molecular weight is 306 g/mol. The molecule has 22 heavy (non-hydrogen) atoms. The van der Waals surface area contributed by atoms with E-state index in [1.165, 1.54) is 56.2 Å². The molecule has 0 bridgehead atoms. The summed E-state index contributed by atoms with van der Waals surface area (Å²) in [6, 6.07) is 7.12. The first-order valence-corrected chi connectivity index (χ1v) is 8.70. The summed E-state index contributed by atoms with van der Waals surface area (Å²) in [6.07, 6.45) is 6.54. The maximum atomic E-state index is 13.7. The van der Waals surface area contributed by atoms with Crippen molar-refractivity contribution in [1.29, 1.82) is 0 Å². The molecular formula is C18H27FN2O+2. The number of Topliss-reactive ketones (excluding diaryl/α,β-unsaturated/α-hetero) is 1. The average Bonchev–Trinajstić information content (AvgIpc) is 2.57. The highest BCUT2D eigenvalue weighted by molar-refractivity contribution is 5.97. The van der Waals surface area contributed by atoms with Crippen molar-refractivity contribution < 1.29 is 19.0 Å². The molecule has 120 valence electrons.